The number of carbonyl (C=O) groups is 3. The maximum absolute atomic E-state index is 12.6. The number of hydrogen-bond donors (Lipinski definition) is 2. The van der Waals surface area contributed by atoms with Gasteiger partial charge in [0.1, 0.15) is 5.75 Å². The molecule has 0 unspecified atom stereocenters. The number of amides is 1. The van der Waals surface area contributed by atoms with Gasteiger partial charge < -0.3 is 19.8 Å². The van der Waals surface area contributed by atoms with E-state index in [1.54, 1.807) is 5.38 Å². The van der Waals surface area contributed by atoms with Crippen molar-refractivity contribution >= 4 is 29.4 Å². The lowest BCUT2D eigenvalue weighted by Crippen LogP contribution is -2.42. The Bertz CT molecular complexity index is 1180. The number of halogens is 6. The van der Waals surface area contributed by atoms with Gasteiger partial charge in [-0.25, -0.2) is 9.59 Å². The van der Waals surface area contributed by atoms with Crippen LogP contribution in [0.2, 0.25) is 0 Å². The third kappa shape index (κ3) is 11.6. The second-order valence-corrected chi connectivity index (χ2v) is 11.1. The number of alkyl halides is 6. The van der Waals surface area contributed by atoms with E-state index in [1.807, 2.05) is 11.0 Å². The number of aliphatic carboxylic acids is 2. The van der Waals surface area contributed by atoms with Crippen LogP contribution < -0.4 is 4.74 Å². The molecule has 43 heavy (non-hydrogen) atoms. The van der Waals surface area contributed by atoms with E-state index in [9.17, 15) is 31.1 Å². The minimum Gasteiger partial charge on any atom is -0.493 e. The van der Waals surface area contributed by atoms with E-state index < -0.39 is 24.3 Å². The molecule has 2 aliphatic heterocycles. The van der Waals surface area contributed by atoms with Gasteiger partial charge in [0.05, 0.1) is 6.61 Å². The van der Waals surface area contributed by atoms with Crippen LogP contribution in [0.1, 0.15) is 49.2 Å². The molecule has 1 aromatic heterocycles. The summed E-state index contributed by atoms with van der Waals surface area (Å²) < 4.78 is 73.3. The molecule has 4 rings (SSSR count). The maximum atomic E-state index is 12.6. The van der Waals surface area contributed by atoms with E-state index in [0.717, 1.165) is 64.3 Å². The SMILES string of the molecule is CC(C)COc1ccccc1CN1CCC2(CC1)CCN(C(=O)c1csnn1)C2.O=C(O)C(F)(F)F.O=C(O)C(F)(F)F. The fraction of sp³-hybridized carbons (Fsp3) is 0.577. The van der Waals surface area contributed by atoms with Crippen molar-refractivity contribution in [2.75, 3.05) is 32.8 Å². The molecule has 2 saturated heterocycles. The van der Waals surface area contributed by atoms with Gasteiger partial charge in [0.25, 0.3) is 5.91 Å². The molecule has 0 atom stereocenters. The quantitative estimate of drug-likeness (QED) is 0.419. The van der Waals surface area contributed by atoms with Crippen LogP contribution in [0.4, 0.5) is 26.3 Å². The minimum absolute atomic E-state index is 0.0364. The molecule has 2 aliphatic rings. The number of ether oxygens (including phenoxy) is 1. The molecule has 0 aliphatic carbocycles. The van der Waals surface area contributed by atoms with Crippen LogP contribution in [0, 0.1) is 11.3 Å². The molecule has 1 spiro atoms. The summed E-state index contributed by atoms with van der Waals surface area (Å²) in [4.78, 5) is 34.9. The van der Waals surface area contributed by atoms with Gasteiger partial charge in [0.15, 0.2) is 5.69 Å². The molecule has 1 aromatic carbocycles. The van der Waals surface area contributed by atoms with Crippen LogP contribution in [-0.4, -0.2) is 92.6 Å². The fourth-order valence-corrected chi connectivity index (χ4v) is 4.82. The lowest BCUT2D eigenvalue weighted by Gasteiger charge is -2.39. The first-order valence-electron chi connectivity index (χ1n) is 13.0. The van der Waals surface area contributed by atoms with E-state index in [0.29, 0.717) is 11.6 Å². The summed E-state index contributed by atoms with van der Waals surface area (Å²) in [5, 5.41) is 19.9. The van der Waals surface area contributed by atoms with Gasteiger partial charge in [0, 0.05) is 30.6 Å². The summed E-state index contributed by atoms with van der Waals surface area (Å²) in [6.45, 7) is 9.85. The standard InChI is InChI=1S/C22H30N4O2S.2C2HF3O2/c1-17(2)14-28-20-6-4-3-5-18(20)13-25-10-7-22(8-11-25)9-12-26(16-22)21(27)19-15-29-24-23-19;2*3-2(4,5)1(6)7/h3-6,15,17H,7-14,16H2,1-2H3;2*(H,6,7). The second-order valence-electron chi connectivity index (χ2n) is 10.5. The summed E-state index contributed by atoms with van der Waals surface area (Å²) in [6, 6.07) is 8.40. The Morgan fingerprint density at radius 3 is 2.00 bits per heavy atom. The molecule has 2 fully saturated rings. The Balaban J connectivity index is 0.000000384. The van der Waals surface area contributed by atoms with E-state index in [-0.39, 0.29) is 11.3 Å². The number of likely N-dealkylation sites (tertiary alicyclic amines) is 2. The van der Waals surface area contributed by atoms with Gasteiger partial charge in [-0.1, -0.05) is 36.5 Å². The largest absolute Gasteiger partial charge is 0.493 e. The van der Waals surface area contributed by atoms with E-state index in [1.165, 1.54) is 17.1 Å². The monoisotopic (exact) mass is 642 g/mol. The number of carbonyl (C=O) groups excluding carboxylic acids is 1. The lowest BCUT2D eigenvalue weighted by molar-refractivity contribution is -0.193. The average molecular weight is 643 g/mol. The number of carboxylic acid groups (broad SMARTS) is 2. The zero-order chi connectivity index (χ0) is 32.4. The average Bonchev–Trinajstić information content (AvgIpc) is 3.60. The summed E-state index contributed by atoms with van der Waals surface area (Å²) in [7, 11) is 0. The number of benzene rings is 1. The Labute approximate surface area is 247 Å². The Morgan fingerprint density at radius 2 is 1.51 bits per heavy atom. The second kappa shape index (κ2) is 15.3. The van der Waals surface area contributed by atoms with Gasteiger partial charge >= 0.3 is 24.3 Å². The predicted molar refractivity (Wildman–Crippen MR) is 142 cm³/mol. The zero-order valence-electron chi connectivity index (χ0n) is 23.3. The highest BCUT2D eigenvalue weighted by Gasteiger charge is 2.42. The molecule has 240 valence electrons. The maximum Gasteiger partial charge on any atom is 0.490 e. The Kier molecular flexibility index (Phi) is 12.7. The van der Waals surface area contributed by atoms with Crippen LogP contribution in [0.5, 0.6) is 5.75 Å². The van der Waals surface area contributed by atoms with Crippen LogP contribution >= 0.6 is 11.5 Å². The number of piperidine rings is 1. The van der Waals surface area contributed by atoms with Crippen molar-refractivity contribution in [2.45, 2.75) is 52.0 Å². The molecule has 0 bridgehead atoms. The highest BCUT2D eigenvalue weighted by Crippen LogP contribution is 2.41. The van der Waals surface area contributed by atoms with E-state index >= 15 is 0 Å². The van der Waals surface area contributed by atoms with E-state index in [2.05, 4.69) is 46.5 Å². The third-order valence-corrected chi connectivity index (χ3v) is 7.15. The first kappa shape index (κ1) is 35.7. The highest BCUT2D eigenvalue weighted by molar-refractivity contribution is 7.03. The normalized spacial score (nSPS) is 16.6. The third-order valence-electron chi connectivity index (χ3n) is 6.65. The van der Waals surface area contributed by atoms with Crippen molar-refractivity contribution in [2.24, 2.45) is 11.3 Å². The van der Waals surface area contributed by atoms with Crippen LogP contribution in [0.25, 0.3) is 0 Å². The summed E-state index contributed by atoms with van der Waals surface area (Å²) in [5.74, 6) is -3.95. The first-order chi connectivity index (χ1) is 19.9. The zero-order valence-corrected chi connectivity index (χ0v) is 24.1. The Hall–Kier alpha value is -3.47. The van der Waals surface area contributed by atoms with Crippen molar-refractivity contribution in [1.82, 2.24) is 19.4 Å². The molecule has 1 amide bonds. The van der Waals surface area contributed by atoms with Crippen molar-refractivity contribution in [1.29, 1.82) is 0 Å². The van der Waals surface area contributed by atoms with Crippen molar-refractivity contribution in [3.05, 3.63) is 40.9 Å². The van der Waals surface area contributed by atoms with Crippen molar-refractivity contribution in [3.63, 3.8) is 0 Å². The molecule has 2 aromatic rings. The van der Waals surface area contributed by atoms with Gasteiger partial charge in [-0.15, -0.1) is 5.10 Å². The first-order valence-corrected chi connectivity index (χ1v) is 13.9. The highest BCUT2D eigenvalue weighted by atomic mass is 32.1. The number of aromatic nitrogens is 2. The smallest absolute Gasteiger partial charge is 0.490 e. The molecule has 3 heterocycles. The minimum atomic E-state index is -5.08. The van der Waals surface area contributed by atoms with Crippen molar-refractivity contribution in [3.8, 4) is 5.75 Å². The predicted octanol–water partition coefficient (Wildman–Crippen LogP) is 4.97. The van der Waals surface area contributed by atoms with Crippen LogP contribution in [0.3, 0.4) is 0 Å². The van der Waals surface area contributed by atoms with Crippen molar-refractivity contribution < 1.29 is 55.7 Å². The molecule has 17 heteroatoms. The van der Waals surface area contributed by atoms with E-state index in [4.69, 9.17) is 24.5 Å². The summed E-state index contributed by atoms with van der Waals surface area (Å²) >= 11 is 1.24. The Morgan fingerprint density at radius 1 is 0.977 bits per heavy atom. The number of para-hydroxylation sites is 1. The summed E-state index contributed by atoms with van der Waals surface area (Å²) in [5.41, 5.74) is 2.02. The van der Waals surface area contributed by atoms with Gasteiger partial charge in [-0.05, 0) is 61.3 Å². The number of hydrogen-bond acceptors (Lipinski definition) is 8. The number of nitrogens with zero attached hydrogens (tertiary/aromatic N) is 4. The lowest BCUT2D eigenvalue weighted by atomic mass is 9.77. The summed E-state index contributed by atoms with van der Waals surface area (Å²) in [6.07, 6.45) is -6.79. The molecular weight excluding hydrogens is 610 g/mol. The van der Waals surface area contributed by atoms with Crippen LogP contribution in [-0.2, 0) is 16.1 Å². The molecule has 2 N–H and O–H groups in total. The number of rotatable bonds is 6. The topological polar surface area (TPSA) is 133 Å². The van der Waals surface area contributed by atoms with Crippen LogP contribution in [0.15, 0.2) is 29.6 Å². The van der Waals surface area contributed by atoms with Gasteiger partial charge in [-0.2, -0.15) is 26.3 Å². The number of carboxylic acids is 2. The molecule has 0 radical (unpaired) electrons. The van der Waals surface area contributed by atoms with Gasteiger partial charge in [-0.3, -0.25) is 9.69 Å². The molecule has 0 saturated carbocycles. The molecule has 10 nitrogen and oxygen atoms in total. The molecular formula is C26H32F6N4O6S. The fourth-order valence-electron chi connectivity index (χ4n) is 4.39. The van der Waals surface area contributed by atoms with Gasteiger partial charge in [0.2, 0.25) is 0 Å².